The lowest BCUT2D eigenvalue weighted by atomic mass is 10.2. The first-order valence-corrected chi connectivity index (χ1v) is 9.26. The summed E-state index contributed by atoms with van der Waals surface area (Å²) >= 11 is 1.41. The third-order valence-corrected chi connectivity index (χ3v) is 6.29. The van der Waals surface area contributed by atoms with E-state index in [2.05, 4.69) is 0 Å². The summed E-state index contributed by atoms with van der Waals surface area (Å²) in [4.78, 5) is 11.8. The predicted molar refractivity (Wildman–Crippen MR) is 84.0 cm³/mol. The van der Waals surface area contributed by atoms with Gasteiger partial charge in [-0.1, -0.05) is 13.8 Å². The van der Waals surface area contributed by atoms with E-state index in [1.54, 1.807) is 6.07 Å². The van der Waals surface area contributed by atoms with E-state index in [4.69, 9.17) is 9.84 Å². The van der Waals surface area contributed by atoms with Crippen LogP contribution in [-0.2, 0) is 14.8 Å². The van der Waals surface area contributed by atoms with Crippen molar-refractivity contribution in [3.8, 4) is 0 Å². The summed E-state index contributed by atoms with van der Waals surface area (Å²) < 4.78 is 32.2. The minimum atomic E-state index is -3.73. The van der Waals surface area contributed by atoms with Gasteiger partial charge in [-0.05, 0) is 18.2 Å². The van der Waals surface area contributed by atoms with Gasteiger partial charge in [-0.2, -0.15) is 4.31 Å². The molecule has 6 nitrogen and oxygen atoms in total. The number of sulfonamides is 1. The maximum atomic E-state index is 12.8. The standard InChI is InChI=1S/C14H19NO5S2/c1-10(2)21-12-4-3-11(14(16)17)9-13(12)22(18,19)15-5-7-20-8-6-15/h3-4,9-10H,5-8H2,1-2H3,(H,16,17). The van der Waals surface area contributed by atoms with Crippen molar-refractivity contribution < 1.29 is 23.1 Å². The summed E-state index contributed by atoms with van der Waals surface area (Å²) in [5.41, 5.74) is -0.0278. The lowest BCUT2D eigenvalue weighted by Gasteiger charge is -2.27. The molecule has 1 heterocycles. The number of aromatic carboxylic acids is 1. The lowest BCUT2D eigenvalue weighted by Crippen LogP contribution is -2.40. The topological polar surface area (TPSA) is 83.9 Å². The molecule has 22 heavy (non-hydrogen) atoms. The van der Waals surface area contributed by atoms with E-state index in [1.165, 1.54) is 28.2 Å². The van der Waals surface area contributed by atoms with Crippen molar-refractivity contribution in [3.63, 3.8) is 0 Å². The van der Waals surface area contributed by atoms with E-state index < -0.39 is 16.0 Å². The molecular weight excluding hydrogens is 326 g/mol. The van der Waals surface area contributed by atoms with Gasteiger partial charge in [-0.25, -0.2) is 13.2 Å². The molecule has 0 saturated carbocycles. The summed E-state index contributed by atoms with van der Waals surface area (Å²) in [6.45, 7) is 5.19. The highest BCUT2D eigenvalue weighted by molar-refractivity contribution is 8.00. The van der Waals surface area contributed by atoms with Crippen LogP contribution in [0.5, 0.6) is 0 Å². The van der Waals surface area contributed by atoms with Crippen molar-refractivity contribution >= 4 is 27.8 Å². The van der Waals surface area contributed by atoms with Gasteiger partial charge in [0.2, 0.25) is 10.0 Å². The molecule has 1 aliphatic rings. The fourth-order valence-electron chi connectivity index (χ4n) is 2.12. The number of benzene rings is 1. The van der Waals surface area contributed by atoms with Crippen molar-refractivity contribution in [1.29, 1.82) is 0 Å². The zero-order valence-electron chi connectivity index (χ0n) is 12.5. The molecule has 0 amide bonds. The number of ether oxygens (including phenoxy) is 1. The van der Waals surface area contributed by atoms with Gasteiger partial charge in [-0.15, -0.1) is 11.8 Å². The van der Waals surface area contributed by atoms with Gasteiger partial charge in [0.1, 0.15) is 0 Å². The van der Waals surface area contributed by atoms with Crippen molar-refractivity contribution in [3.05, 3.63) is 23.8 Å². The molecule has 2 rings (SSSR count). The molecule has 0 radical (unpaired) electrons. The summed E-state index contributed by atoms with van der Waals surface area (Å²) in [7, 11) is -3.73. The average molecular weight is 345 g/mol. The number of hydrogen-bond donors (Lipinski definition) is 1. The maximum Gasteiger partial charge on any atom is 0.335 e. The molecule has 1 N–H and O–H groups in total. The first kappa shape index (κ1) is 17.3. The molecule has 1 aromatic carbocycles. The molecule has 0 unspecified atom stereocenters. The monoisotopic (exact) mass is 345 g/mol. The molecule has 1 fully saturated rings. The van der Waals surface area contributed by atoms with Crippen LogP contribution < -0.4 is 0 Å². The quantitative estimate of drug-likeness (QED) is 0.821. The summed E-state index contributed by atoms with van der Waals surface area (Å²) in [6.07, 6.45) is 0. The van der Waals surface area contributed by atoms with Crippen LogP contribution in [0.25, 0.3) is 0 Å². The van der Waals surface area contributed by atoms with Crippen LogP contribution >= 0.6 is 11.8 Å². The Bertz CT molecular complexity index is 651. The van der Waals surface area contributed by atoms with E-state index in [1.807, 2.05) is 13.8 Å². The number of morpholine rings is 1. The maximum absolute atomic E-state index is 12.8. The van der Waals surface area contributed by atoms with Gasteiger partial charge in [0.15, 0.2) is 0 Å². The van der Waals surface area contributed by atoms with Gasteiger partial charge in [0, 0.05) is 23.2 Å². The number of thioether (sulfide) groups is 1. The van der Waals surface area contributed by atoms with Gasteiger partial charge in [-0.3, -0.25) is 0 Å². The molecule has 0 aromatic heterocycles. The Morgan fingerprint density at radius 2 is 1.95 bits per heavy atom. The second-order valence-electron chi connectivity index (χ2n) is 5.15. The van der Waals surface area contributed by atoms with Gasteiger partial charge < -0.3 is 9.84 Å². The van der Waals surface area contributed by atoms with Crippen LogP contribution in [0.2, 0.25) is 0 Å². The van der Waals surface area contributed by atoms with Crippen LogP contribution in [0.3, 0.4) is 0 Å². The molecule has 122 valence electrons. The smallest absolute Gasteiger partial charge is 0.335 e. The normalized spacial score (nSPS) is 16.9. The summed E-state index contributed by atoms with van der Waals surface area (Å²) in [5.74, 6) is -1.14. The van der Waals surface area contributed by atoms with Crippen LogP contribution in [0.4, 0.5) is 0 Å². The van der Waals surface area contributed by atoms with E-state index >= 15 is 0 Å². The van der Waals surface area contributed by atoms with Crippen molar-refractivity contribution in [1.82, 2.24) is 4.31 Å². The summed E-state index contributed by atoms with van der Waals surface area (Å²) in [6, 6.07) is 4.25. The van der Waals surface area contributed by atoms with E-state index in [-0.39, 0.29) is 28.8 Å². The Kier molecular flexibility index (Phi) is 5.49. The Morgan fingerprint density at radius 1 is 1.32 bits per heavy atom. The molecule has 0 bridgehead atoms. The average Bonchev–Trinajstić information content (AvgIpc) is 2.47. The third-order valence-electron chi connectivity index (χ3n) is 3.14. The van der Waals surface area contributed by atoms with Gasteiger partial charge in [0.25, 0.3) is 0 Å². The Labute approximate surface area is 134 Å². The second kappa shape index (κ2) is 6.99. The highest BCUT2D eigenvalue weighted by Gasteiger charge is 2.29. The number of nitrogens with zero attached hydrogens (tertiary/aromatic N) is 1. The minimum absolute atomic E-state index is 0.0278. The highest BCUT2D eigenvalue weighted by atomic mass is 32.2. The van der Waals surface area contributed by atoms with Gasteiger partial charge >= 0.3 is 5.97 Å². The minimum Gasteiger partial charge on any atom is -0.478 e. The Hall–Kier alpha value is -1.09. The first-order valence-electron chi connectivity index (χ1n) is 6.94. The van der Waals surface area contributed by atoms with Gasteiger partial charge in [0.05, 0.1) is 23.7 Å². The molecule has 1 aromatic rings. The van der Waals surface area contributed by atoms with E-state index in [0.29, 0.717) is 18.1 Å². The molecular formula is C14H19NO5S2. The summed E-state index contributed by atoms with van der Waals surface area (Å²) in [5, 5.41) is 9.31. The zero-order chi connectivity index (χ0) is 16.3. The number of carboxylic acids is 1. The third kappa shape index (κ3) is 3.81. The van der Waals surface area contributed by atoms with Crippen LogP contribution in [0, 0.1) is 0 Å². The number of hydrogen-bond acceptors (Lipinski definition) is 5. The molecule has 0 spiro atoms. The van der Waals surface area contributed by atoms with Crippen molar-refractivity contribution in [2.45, 2.75) is 28.9 Å². The van der Waals surface area contributed by atoms with Crippen LogP contribution in [0.15, 0.2) is 28.0 Å². The zero-order valence-corrected chi connectivity index (χ0v) is 14.1. The van der Waals surface area contributed by atoms with E-state index in [9.17, 15) is 13.2 Å². The van der Waals surface area contributed by atoms with Crippen molar-refractivity contribution in [2.75, 3.05) is 26.3 Å². The fourth-order valence-corrected chi connectivity index (χ4v) is 4.92. The Morgan fingerprint density at radius 3 is 2.50 bits per heavy atom. The second-order valence-corrected chi connectivity index (χ2v) is 8.67. The van der Waals surface area contributed by atoms with E-state index in [0.717, 1.165) is 0 Å². The van der Waals surface area contributed by atoms with Crippen molar-refractivity contribution in [2.24, 2.45) is 0 Å². The first-order chi connectivity index (χ1) is 10.3. The number of carboxylic acid groups (broad SMARTS) is 1. The molecule has 1 aliphatic heterocycles. The molecule has 8 heteroatoms. The largest absolute Gasteiger partial charge is 0.478 e. The molecule has 1 saturated heterocycles. The lowest BCUT2D eigenvalue weighted by molar-refractivity contribution is 0.0695. The SMILES string of the molecule is CC(C)Sc1ccc(C(=O)O)cc1S(=O)(=O)N1CCOCC1. The number of carbonyl (C=O) groups is 1. The van der Waals surface area contributed by atoms with Crippen LogP contribution in [-0.4, -0.2) is 55.4 Å². The highest BCUT2D eigenvalue weighted by Crippen LogP contribution is 2.32. The molecule has 0 aliphatic carbocycles. The van der Waals surface area contributed by atoms with Crippen LogP contribution in [0.1, 0.15) is 24.2 Å². The predicted octanol–water partition coefficient (Wildman–Crippen LogP) is 1.91. The number of rotatable bonds is 5. The fraction of sp³-hybridized carbons (Fsp3) is 0.500. The Balaban J connectivity index is 2.49. The molecule has 0 atom stereocenters.